The van der Waals surface area contributed by atoms with Gasteiger partial charge in [0.1, 0.15) is 0 Å². The number of anilines is 3. The van der Waals surface area contributed by atoms with Crippen molar-refractivity contribution in [3.8, 4) is 33.4 Å². The molecule has 67 heavy (non-hydrogen) atoms. The Hall–Kier alpha value is -8.26. The molecule has 11 aromatic carbocycles. The van der Waals surface area contributed by atoms with E-state index in [4.69, 9.17) is 0 Å². The minimum absolute atomic E-state index is 0.556. The summed E-state index contributed by atoms with van der Waals surface area (Å²) >= 11 is 0. The Balaban J connectivity index is 1.12. The number of benzene rings is 11. The summed E-state index contributed by atoms with van der Waals surface area (Å²) in [5.41, 5.74) is 21.9. The van der Waals surface area contributed by atoms with Crippen molar-refractivity contribution in [2.45, 2.75) is 24.2 Å². The SMILES string of the molecule is CCc1ccc2cccc3c2c1C1(c2ccccc2-c2ccc(N(c4ccc5ccccc5c4)c4cccc5c4C(c4ccccc4)(c4ccccc4)c4ccccc4-5)cc21)c1ccccc1-3. The Bertz CT molecular complexity index is 3770. The van der Waals surface area contributed by atoms with E-state index in [9.17, 15) is 0 Å². The monoisotopic (exact) mass is 851 g/mol. The zero-order valence-corrected chi connectivity index (χ0v) is 37.2. The molecule has 1 heteroatoms. The third kappa shape index (κ3) is 5.04. The van der Waals surface area contributed by atoms with E-state index in [0.29, 0.717) is 0 Å². The zero-order valence-electron chi connectivity index (χ0n) is 37.2. The first-order chi connectivity index (χ1) is 33.2. The molecule has 14 rings (SSSR count). The molecule has 0 saturated carbocycles. The fourth-order valence-electron chi connectivity index (χ4n) is 12.9. The standard InChI is InChI=1S/C66H45N/c1-2-43-35-36-45-21-17-29-55-52-27-12-16-33-59(52)66(63(43)62(45)55)58-32-15-11-26-51(58)54-40-39-50(42-60(54)66)67(49-38-37-44-19-9-10-20-46(44)41-49)61-34-18-30-56-53-28-13-14-31-57(53)65(64(56)61,47-22-5-3-6-23-47)48-24-7-4-8-25-48/h3-42H,2H2,1H3. The van der Waals surface area contributed by atoms with Gasteiger partial charge >= 0.3 is 0 Å². The van der Waals surface area contributed by atoms with Crippen LogP contribution in [0.1, 0.15) is 57.0 Å². The second kappa shape index (κ2) is 14.4. The first-order valence-electron chi connectivity index (χ1n) is 23.7. The van der Waals surface area contributed by atoms with Gasteiger partial charge in [0.05, 0.1) is 16.5 Å². The molecule has 0 saturated heterocycles. The van der Waals surface area contributed by atoms with Gasteiger partial charge in [-0.3, -0.25) is 0 Å². The molecule has 1 spiro atoms. The van der Waals surface area contributed by atoms with Gasteiger partial charge in [-0.25, -0.2) is 0 Å². The topological polar surface area (TPSA) is 3.24 Å². The molecule has 314 valence electrons. The Kier molecular flexibility index (Phi) is 8.16. The highest BCUT2D eigenvalue weighted by Gasteiger charge is 2.52. The van der Waals surface area contributed by atoms with E-state index in [0.717, 1.165) is 23.5 Å². The quantitative estimate of drug-likeness (QED) is 0.161. The van der Waals surface area contributed by atoms with E-state index in [2.05, 4.69) is 254 Å². The number of hydrogen-bond donors (Lipinski definition) is 0. The summed E-state index contributed by atoms with van der Waals surface area (Å²) in [5, 5.41) is 5.09. The molecule has 0 amide bonds. The van der Waals surface area contributed by atoms with Crippen LogP contribution in [-0.4, -0.2) is 0 Å². The largest absolute Gasteiger partial charge is 0.310 e. The Morgan fingerprint density at radius 3 is 1.52 bits per heavy atom. The average molecular weight is 852 g/mol. The van der Waals surface area contributed by atoms with Crippen LogP contribution >= 0.6 is 0 Å². The number of hydrogen-bond acceptors (Lipinski definition) is 1. The highest BCUT2D eigenvalue weighted by atomic mass is 15.1. The third-order valence-corrected chi connectivity index (χ3v) is 15.5. The van der Waals surface area contributed by atoms with Crippen molar-refractivity contribution in [2.75, 3.05) is 4.90 Å². The molecule has 0 aromatic heterocycles. The van der Waals surface area contributed by atoms with Crippen LogP contribution in [0.4, 0.5) is 17.1 Å². The van der Waals surface area contributed by atoms with Crippen LogP contribution in [0.15, 0.2) is 243 Å². The number of nitrogens with zero attached hydrogens (tertiary/aromatic N) is 1. The normalized spacial score (nSPS) is 15.5. The van der Waals surface area contributed by atoms with Crippen LogP contribution in [-0.2, 0) is 17.3 Å². The van der Waals surface area contributed by atoms with Crippen molar-refractivity contribution >= 4 is 38.6 Å². The lowest BCUT2D eigenvalue weighted by Gasteiger charge is -2.42. The third-order valence-electron chi connectivity index (χ3n) is 15.5. The molecule has 3 aliphatic carbocycles. The predicted octanol–water partition coefficient (Wildman–Crippen LogP) is 16.7. The molecule has 1 unspecified atom stereocenters. The summed E-state index contributed by atoms with van der Waals surface area (Å²) in [5.74, 6) is 0. The summed E-state index contributed by atoms with van der Waals surface area (Å²) in [6, 6.07) is 91.8. The molecule has 1 nitrogen and oxygen atoms in total. The maximum atomic E-state index is 2.58. The molecule has 0 fully saturated rings. The highest BCUT2D eigenvalue weighted by molar-refractivity contribution is 6.08. The molecule has 0 bridgehead atoms. The lowest BCUT2D eigenvalue weighted by atomic mass is 9.60. The van der Waals surface area contributed by atoms with Gasteiger partial charge in [0.25, 0.3) is 0 Å². The second-order valence-corrected chi connectivity index (χ2v) is 18.5. The van der Waals surface area contributed by atoms with Crippen LogP contribution in [0.3, 0.4) is 0 Å². The second-order valence-electron chi connectivity index (χ2n) is 18.5. The van der Waals surface area contributed by atoms with Crippen molar-refractivity contribution in [1.82, 2.24) is 0 Å². The van der Waals surface area contributed by atoms with Crippen LogP contribution in [0.2, 0.25) is 0 Å². The molecule has 0 aliphatic heterocycles. The smallest absolute Gasteiger partial charge is 0.0734 e. The molecule has 1 atom stereocenters. The van der Waals surface area contributed by atoms with Crippen LogP contribution in [0.25, 0.3) is 54.9 Å². The average Bonchev–Trinajstić information content (AvgIpc) is 3.87. The Morgan fingerprint density at radius 2 is 0.821 bits per heavy atom. The van der Waals surface area contributed by atoms with E-state index in [1.807, 2.05) is 0 Å². The summed E-state index contributed by atoms with van der Waals surface area (Å²) in [6.45, 7) is 2.33. The van der Waals surface area contributed by atoms with Crippen LogP contribution in [0.5, 0.6) is 0 Å². The molecule has 0 heterocycles. The van der Waals surface area contributed by atoms with Crippen molar-refractivity contribution in [3.63, 3.8) is 0 Å². The maximum Gasteiger partial charge on any atom is 0.0734 e. The summed E-state index contributed by atoms with van der Waals surface area (Å²) in [7, 11) is 0. The Morgan fingerprint density at radius 1 is 0.328 bits per heavy atom. The Labute approximate surface area is 391 Å². The lowest BCUT2D eigenvalue weighted by Crippen LogP contribution is -2.33. The van der Waals surface area contributed by atoms with Gasteiger partial charge in [0.2, 0.25) is 0 Å². The van der Waals surface area contributed by atoms with Gasteiger partial charge in [-0.1, -0.05) is 219 Å². The van der Waals surface area contributed by atoms with E-state index in [-0.39, 0.29) is 0 Å². The van der Waals surface area contributed by atoms with E-state index in [1.54, 1.807) is 0 Å². The van der Waals surface area contributed by atoms with Gasteiger partial charge < -0.3 is 4.90 Å². The van der Waals surface area contributed by atoms with E-state index in [1.165, 1.54) is 105 Å². The molecule has 0 N–H and O–H groups in total. The van der Waals surface area contributed by atoms with Crippen molar-refractivity contribution in [1.29, 1.82) is 0 Å². The van der Waals surface area contributed by atoms with Crippen LogP contribution in [0, 0.1) is 0 Å². The zero-order chi connectivity index (χ0) is 44.3. The van der Waals surface area contributed by atoms with Crippen molar-refractivity contribution < 1.29 is 0 Å². The molecular formula is C66H45N. The van der Waals surface area contributed by atoms with Crippen molar-refractivity contribution in [2.24, 2.45) is 0 Å². The predicted molar refractivity (Wildman–Crippen MR) is 279 cm³/mol. The summed E-state index contributed by atoms with van der Waals surface area (Å²) < 4.78 is 0. The van der Waals surface area contributed by atoms with Gasteiger partial charge in [-0.2, -0.15) is 0 Å². The van der Waals surface area contributed by atoms with Crippen molar-refractivity contribution in [3.05, 3.63) is 293 Å². The molecular weight excluding hydrogens is 807 g/mol. The highest BCUT2D eigenvalue weighted by Crippen LogP contribution is 2.64. The van der Waals surface area contributed by atoms with E-state index < -0.39 is 10.8 Å². The van der Waals surface area contributed by atoms with Gasteiger partial charge in [0.15, 0.2) is 0 Å². The minimum Gasteiger partial charge on any atom is -0.310 e. The maximum absolute atomic E-state index is 2.58. The first-order valence-corrected chi connectivity index (χ1v) is 23.7. The van der Waals surface area contributed by atoms with Crippen LogP contribution < -0.4 is 4.90 Å². The number of aryl methyl sites for hydroxylation is 1. The van der Waals surface area contributed by atoms with Gasteiger partial charge in [-0.05, 0) is 136 Å². The number of fused-ring (bicyclic) bond motifs is 13. The molecule has 3 aliphatic rings. The minimum atomic E-state index is -0.605. The summed E-state index contributed by atoms with van der Waals surface area (Å²) in [4.78, 5) is 2.58. The fourth-order valence-corrected chi connectivity index (χ4v) is 12.9. The first kappa shape index (κ1) is 38.1. The lowest BCUT2D eigenvalue weighted by molar-refractivity contribution is 0.759. The summed E-state index contributed by atoms with van der Waals surface area (Å²) in [6.07, 6.45) is 0.932. The van der Waals surface area contributed by atoms with E-state index >= 15 is 0 Å². The fraction of sp³-hybridized carbons (Fsp3) is 0.0606. The molecule has 11 aromatic rings. The molecule has 0 radical (unpaired) electrons. The van der Waals surface area contributed by atoms with Gasteiger partial charge in [-0.15, -0.1) is 0 Å². The van der Waals surface area contributed by atoms with Gasteiger partial charge in [0, 0.05) is 16.9 Å². The number of rotatable bonds is 6.